The van der Waals surface area contributed by atoms with Crippen LogP contribution in [0.15, 0.2) is 24.4 Å². The summed E-state index contributed by atoms with van der Waals surface area (Å²) in [5.41, 5.74) is -0.799. The van der Waals surface area contributed by atoms with Crippen molar-refractivity contribution in [3.63, 3.8) is 0 Å². The first kappa shape index (κ1) is 25.0. The summed E-state index contributed by atoms with van der Waals surface area (Å²) in [6.07, 6.45) is 1.24. The molecule has 0 aliphatic heterocycles. The second kappa shape index (κ2) is 10.7. The number of hydrogen-bond acceptors (Lipinski definition) is 7. The molecule has 0 unspecified atom stereocenters. The fraction of sp³-hybridized carbons (Fsp3) is 0.188. The molecule has 1 aromatic carbocycles. The molecule has 2 rings (SSSR count). The Balaban J connectivity index is 0.00000141. The second-order valence-electron chi connectivity index (χ2n) is 5.44. The first-order chi connectivity index (χ1) is 14.0. The number of halogens is 3. The molecule has 1 amide bonds. The van der Waals surface area contributed by atoms with Gasteiger partial charge >= 0.3 is 10.2 Å². The van der Waals surface area contributed by atoms with E-state index in [1.165, 1.54) is 26.4 Å². The Kier molecular flexibility index (Phi) is 8.89. The van der Waals surface area contributed by atoms with Crippen molar-refractivity contribution in [1.82, 2.24) is 14.0 Å². The topological polar surface area (TPSA) is 138 Å². The van der Waals surface area contributed by atoms with Crippen LogP contribution in [-0.4, -0.2) is 56.3 Å². The molecule has 0 fully saturated rings. The van der Waals surface area contributed by atoms with Gasteiger partial charge in [0.15, 0.2) is 11.6 Å². The lowest BCUT2D eigenvalue weighted by molar-refractivity contribution is -0.122. The highest BCUT2D eigenvalue weighted by Gasteiger charge is 2.23. The number of amides is 1. The number of ether oxygens (including phenoxy) is 1. The average molecular weight is 467 g/mol. The fourth-order valence-corrected chi connectivity index (χ4v) is 2.61. The van der Waals surface area contributed by atoms with Crippen LogP contribution in [-0.2, 0) is 15.0 Å². The Morgan fingerprint density at radius 1 is 1.27 bits per heavy atom. The van der Waals surface area contributed by atoms with Gasteiger partial charge in [-0.1, -0.05) is 11.6 Å². The zero-order valence-electron chi connectivity index (χ0n) is 15.8. The number of carbonyl (C=O) groups is 2. The summed E-state index contributed by atoms with van der Waals surface area (Å²) in [5, 5.41) is 9.81. The maximum absolute atomic E-state index is 14.2. The summed E-state index contributed by atoms with van der Waals surface area (Å²) in [4.78, 5) is 24.2. The predicted molar refractivity (Wildman–Crippen MR) is 104 cm³/mol. The van der Waals surface area contributed by atoms with Crippen molar-refractivity contribution < 1.29 is 36.6 Å². The van der Waals surface area contributed by atoms with Crippen LogP contribution >= 0.6 is 11.6 Å². The maximum atomic E-state index is 14.2. The number of nitrogens with one attached hydrogen (secondary N) is 2. The quantitative estimate of drug-likeness (QED) is 0.550. The van der Waals surface area contributed by atoms with Gasteiger partial charge in [0.05, 0.1) is 16.8 Å². The van der Waals surface area contributed by atoms with E-state index in [4.69, 9.17) is 26.2 Å². The molecule has 0 spiro atoms. The summed E-state index contributed by atoms with van der Waals surface area (Å²) >= 11 is 5.93. The van der Waals surface area contributed by atoms with Crippen LogP contribution in [0.5, 0.6) is 11.5 Å². The van der Waals surface area contributed by atoms with Crippen LogP contribution in [0.2, 0.25) is 5.02 Å². The third-order valence-corrected chi connectivity index (χ3v) is 4.94. The summed E-state index contributed by atoms with van der Waals surface area (Å²) < 4.78 is 59.2. The van der Waals surface area contributed by atoms with Gasteiger partial charge in [-0.25, -0.2) is 18.5 Å². The van der Waals surface area contributed by atoms with Crippen LogP contribution in [0.1, 0.15) is 10.4 Å². The van der Waals surface area contributed by atoms with Crippen molar-refractivity contribution in [3.8, 4) is 11.5 Å². The van der Waals surface area contributed by atoms with E-state index in [9.17, 15) is 22.0 Å². The number of hydrogen-bond donors (Lipinski definition) is 3. The number of pyridine rings is 1. The Morgan fingerprint density at radius 3 is 2.37 bits per heavy atom. The van der Waals surface area contributed by atoms with Gasteiger partial charge in [-0.05, 0) is 6.07 Å². The van der Waals surface area contributed by atoms with Crippen LogP contribution in [0, 0.1) is 11.6 Å². The maximum Gasteiger partial charge on any atom is 0.303 e. The van der Waals surface area contributed by atoms with Crippen LogP contribution in [0.4, 0.5) is 14.6 Å². The highest BCUT2D eigenvalue weighted by Crippen LogP contribution is 2.30. The van der Waals surface area contributed by atoms with Gasteiger partial charge in [-0.15, -0.1) is 0 Å². The van der Waals surface area contributed by atoms with E-state index < -0.39 is 39.1 Å². The van der Waals surface area contributed by atoms with Crippen LogP contribution < -0.4 is 14.8 Å². The molecule has 0 aliphatic rings. The SMILES string of the molecule is CNc1ncc(Oc2cc(F)c(C(=O)NS(=O)(=O)N(C)C)cc2F)cc1Cl.O=CO. The molecule has 0 atom stereocenters. The lowest BCUT2D eigenvalue weighted by Gasteiger charge is -2.13. The number of rotatable bonds is 6. The van der Waals surface area contributed by atoms with Gasteiger partial charge < -0.3 is 15.2 Å². The molecule has 0 bridgehead atoms. The number of carbonyl (C=O) groups excluding carboxylic acids is 1. The van der Waals surface area contributed by atoms with E-state index in [2.05, 4.69) is 10.3 Å². The van der Waals surface area contributed by atoms with Gasteiger partial charge in [0.1, 0.15) is 17.4 Å². The van der Waals surface area contributed by atoms with Gasteiger partial charge in [-0.2, -0.15) is 12.7 Å². The van der Waals surface area contributed by atoms with Crippen molar-refractivity contribution >= 4 is 40.0 Å². The number of nitrogens with zero attached hydrogens (tertiary/aromatic N) is 2. The van der Waals surface area contributed by atoms with Gasteiger partial charge in [0.2, 0.25) is 0 Å². The van der Waals surface area contributed by atoms with Gasteiger partial charge in [-0.3, -0.25) is 9.59 Å². The lowest BCUT2D eigenvalue weighted by atomic mass is 10.2. The number of aromatic nitrogens is 1. The molecule has 30 heavy (non-hydrogen) atoms. The molecule has 164 valence electrons. The standard InChI is InChI=1S/C15H15ClF2N4O4S.CH2O2/c1-19-14-10(16)4-8(7-20-14)26-13-6-11(17)9(5-12(13)18)15(23)21-27(24,25)22(2)3;2-1-3/h4-7H,1-3H3,(H,19,20)(H,21,23);1H,(H,2,3). The summed E-state index contributed by atoms with van der Waals surface area (Å²) in [7, 11) is -0.222. The van der Waals surface area contributed by atoms with Crippen LogP contribution in [0.3, 0.4) is 0 Å². The summed E-state index contributed by atoms with van der Waals surface area (Å²) in [6.45, 7) is -0.250. The van der Waals surface area contributed by atoms with Crippen molar-refractivity contribution in [2.45, 2.75) is 0 Å². The third kappa shape index (κ3) is 6.50. The predicted octanol–water partition coefficient (Wildman–Crippen LogP) is 2.08. The molecular formula is C16H17ClF2N4O6S. The Bertz CT molecular complexity index is 1040. The minimum Gasteiger partial charge on any atom is -0.483 e. The minimum absolute atomic E-state index is 0.0321. The van der Waals surface area contributed by atoms with Crippen molar-refractivity contribution in [2.24, 2.45) is 0 Å². The van der Waals surface area contributed by atoms with Crippen molar-refractivity contribution in [3.05, 3.63) is 46.6 Å². The van der Waals surface area contributed by atoms with Gasteiger partial charge in [0.25, 0.3) is 12.4 Å². The van der Waals surface area contributed by atoms with E-state index in [0.717, 1.165) is 0 Å². The minimum atomic E-state index is -4.16. The zero-order valence-corrected chi connectivity index (χ0v) is 17.4. The fourth-order valence-electron chi connectivity index (χ4n) is 1.83. The van der Waals surface area contributed by atoms with Gasteiger partial charge in [0, 0.05) is 33.3 Å². The lowest BCUT2D eigenvalue weighted by Crippen LogP contribution is -2.39. The molecule has 0 radical (unpaired) electrons. The highest BCUT2D eigenvalue weighted by molar-refractivity contribution is 7.87. The van der Waals surface area contributed by atoms with E-state index in [-0.39, 0.29) is 17.2 Å². The summed E-state index contributed by atoms with van der Waals surface area (Å²) in [5.74, 6) is -3.72. The second-order valence-corrected chi connectivity index (χ2v) is 7.73. The first-order valence-corrected chi connectivity index (χ1v) is 9.61. The Hall–Kier alpha value is -3.03. The van der Waals surface area contributed by atoms with E-state index >= 15 is 0 Å². The summed E-state index contributed by atoms with van der Waals surface area (Å²) in [6, 6.07) is 2.48. The molecule has 0 aliphatic carbocycles. The number of carboxylic acid groups (broad SMARTS) is 1. The van der Waals surface area contributed by atoms with Crippen molar-refractivity contribution in [1.29, 1.82) is 0 Å². The molecule has 10 nitrogen and oxygen atoms in total. The molecule has 0 saturated heterocycles. The van der Waals surface area contributed by atoms with E-state index in [0.29, 0.717) is 22.3 Å². The smallest absolute Gasteiger partial charge is 0.303 e. The first-order valence-electron chi connectivity index (χ1n) is 7.79. The van der Waals surface area contributed by atoms with E-state index in [1.807, 2.05) is 0 Å². The Labute approximate surface area is 175 Å². The molecule has 14 heteroatoms. The number of benzene rings is 1. The zero-order chi connectivity index (χ0) is 23.1. The average Bonchev–Trinajstić information content (AvgIpc) is 2.64. The van der Waals surface area contributed by atoms with E-state index in [1.54, 1.807) is 11.8 Å². The Morgan fingerprint density at radius 2 is 1.87 bits per heavy atom. The highest BCUT2D eigenvalue weighted by atomic mass is 35.5. The largest absolute Gasteiger partial charge is 0.483 e. The van der Waals surface area contributed by atoms with Crippen molar-refractivity contribution in [2.75, 3.05) is 26.5 Å². The molecule has 0 saturated carbocycles. The number of anilines is 1. The normalized spacial score (nSPS) is 10.6. The molecular weight excluding hydrogens is 450 g/mol. The van der Waals surface area contributed by atoms with Crippen LogP contribution in [0.25, 0.3) is 0 Å². The molecule has 2 aromatic rings. The molecule has 1 aromatic heterocycles. The monoisotopic (exact) mass is 466 g/mol. The third-order valence-electron chi connectivity index (χ3n) is 3.25. The molecule has 3 N–H and O–H groups in total. The molecule has 1 heterocycles.